The van der Waals surface area contributed by atoms with E-state index in [2.05, 4.69) is 47.1 Å². The van der Waals surface area contributed by atoms with Crippen LogP contribution in [-0.2, 0) is 11.3 Å². The van der Waals surface area contributed by atoms with Gasteiger partial charge in [-0.25, -0.2) is 0 Å². The van der Waals surface area contributed by atoms with Crippen molar-refractivity contribution in [3.63, 3.8) is 0 Å². The molecule has 1 saturated heterocycles. The lowest BCUT2D eigenvalue weighted by Crippen LogP contribution is -2.48. The zero-order valence-corrected chi connectivity index (χ0v) is 21.2. The molecule has 34 heavy (non-hydrogen) atoms. The smallest absolute Gasteiger partial charge is 0.219 e. The van der Waals surface area contributed by atoms with Crippen molar-refractivity contribution >= 4 is 5.91 Å². The SMILES string of the molecule is CCC(CCCN1CCN(CCN(Cc2ccccc2)C(C)=O)CC1)c1ccc(C#N)c(C)c1. The first-order valence-corrected chi connectivity index (χ1v) is 12.7. The molecule has 1 atom stereocenters. The van der Waals surface area contributed by atoms with Gasteiger partial charge >= 0.3 is 0 Å². The molecule has 1 amide bonds. The third kappa shape index (κ3) is 7.68. The van der Waals surface area contributed by atoms with Crippen LogP contribution in [0.5, 0.6) is 0 Å². The maximum atomic E-state index is 12.1. The lowest BCUT2D eigenvalue weighted by Gasteiger charge is -2.36. The summed E-state index contributed by atoms with van der Waals surface area (Å²) in [5, 5.41) is 9.18. The van der Waals surface area contributed by atoms with Crippen molar-refractivity contribution < 1.29 is 4.79 Å². The predicted molar refractivity (Wildman–Crippen MR) is 139 cm³/mol. The number of nitrogens with zero attached hydrogens (tertiary/aromatic N) is 4. The maximum Gasteiger partial charge on any atom is 0.219 e. The monoisotopic (exact) mass is 460 g/mol. The van der Waals surface area contributed by atoms with Gasteiger partial charge in [0.1, 0.15) is 0 Å². The van der Waals surface area contributed by atoms with Gasteiger partial charge in [-0.2, -0.15) is 5.26 Å². The molecule has 1 fully saturated rings. The Morgan fingerprint density at radius 3 is 2.32 bits per heavy atom. The second kappa shape index (κ2) is 13.3. The number of aryl methyl sites for hydroxylation is 1. The fourth-order valence-electron chi connectivity index (χ4n) is 4.88. The lowest BCUT2D eigenvalue weighted by atomic mass is 9.90. The Hall–Kier alpha value is -2.68. The molecule has 2 aromatic carbocycles. The van der Waals surface area contributed by atoms with E-state index in [-0.39, 0.29) is 5.91 Å². The quantitative estimate of drug-likeness (QED) is 0.483. The molecular formula is C29H40N4O. The topological polar surface area (TPSA) is 50.6 Å². The number of amides is 1. The second-order valence-corrected chi connectivity index (χ2v) is 9.54. The molecule has 182 valence electrons. The first-order chi connectivity index (χ1) is 16.5. The largest absolute Gasteiger partial charge is 0.337 e. The van der Waals surface area contributed by atoms with E-state index in [1.54, 1.807) is 6.92 Å². The minimum Gasteiger partial charge on any atom is -0.337 e. The van der Waals surface area contributed by atoms with E-state index in [9.17, 15) is 10.1 Å². The number of nitriles is 1. The molecule has 0 bridgehead atoms. The van der Waals surface area contributed by atoms with Crippen LogP contribution in [0.15, 0.2) is 48.5 Å². The number of carbonyl (C=O) groups is 1. The summed E-state index contributed by atoms with van der Waals surface area (Å²) in [5.74, 6) is 0.709. The summed E-state index contributed by atoms with van der Waals surface area (Å²) in [6.07, 6.45) is 3.52. The maximum absolute atomic E-state index is 12.1. The van der Waals surface area contributed by atoms with Crippen molar-refractivity contribution in [2.75, 3.05) is 45.8 Å². The Morgan fingerprint density at radius 1 is 1.06 bits per heavy atom. The summed E-state index contributed by atoms with van der Waals surface area (Å²) in [6.45, 7) is 13.9. The first kappa shape index (κ1) is 25.9. The van der Waals surface area contributed by atoms with Crippen molar-refractivity contribution in [2.24, 2.45) is 0 Å². The molecule has 5 nitrogen and oxygen atoms in total. The van der Waals surface area contributed by atoms with Gasteiger partial charge < -0.3 is 9.80 Å². The third-order valence-electron chi connectivity index (χ3n) is 7.17. The van der Waals surface area contributed by atoms with Crippen LogP contribution in [0.3, 0.4) is 0 Å². The van der Waals surface area contributed by atoms with Gasteiger partial charge in [0, 0.05) is 52.7 Å². The highest BCUT2D eigenvalue weighted by Crippen LogP contribution is 2.26. The fourth-order valence-corrected chi connectivity index (χ4v) is 4.88. The van der Waals surface area contributed by atoms with Gasteiger partial charge in [0.25, 0.3) is 0 Å². The average molecular weight is 461 g/mol. The summed E-state index contributed by atoms with van der Waals surface area (Å²) in [5.41, 5.74) is 4.42. The van der Waals surface area contributed by atoms with Gasteiger partial charge in [-0.05, 0) is 61.4 Å². The Labute approximate surface area is 206 Å². The number of hydrogen-bond donors (Lipinski definition) is 0. The fraction of sp³-hybridized carbons (Fsp3) is 0.517. The van der Waals surface area contributed by atoms with Crippen LogP contribution in [0.1, 0.15) is 61.3 Å². The molecule has 1 unspecified atom stereocenters. The molecule has 0 aliphatic carbocycles. The minimum atomic E-state index is 0.144. The van der Waals surface area contributed by atoms with E-state index in [1.807, 2.05) is 36.1 Å². The highest BCUT2D eigenvalue weighted by atomic mass is 16.2. The molecule has 5 heteroatoms. The van der Waals surface area contributed by atoms with Crippen molar-refractivity contribution in [3.05, 3.63) is 70.8 Å². The van der Waals surface area contributed by atoms with E-state index < -0.39 is 0 Å². The Kier molecular flexibility index (Phi) is 10.1. The standard InChI is InChI=1S/C29H40N4O/c1-4-27(28-12-13-29(22-30)24(2)21-28)11-8-14-31-15-17-32(18-16-31)19-20-33(25(3)34)23-26-9-6-5-7-10-26/h5-7,9-10,12-13,21,27H,4,8,11,14-20,23H2,1-3H3. The van der Waals surface area contributed by atoms with Gasteiger partial charge in [0.05, 0.1) is 11.6 Å². The van der Waals surface area contributed by atoms with Gasteiger partial charge in [-0.15, -0.1) is 0 Å². The molecular weight excluding hydrogens is 420 g/mol. The van der Waals surface area contributed by atoms with E-state index in [1.165, 1.54) is 24.0 Å². The van der Waals surface area contributed by atoms with Crippen LogP contribution in [0.25, 0.3) is 0 Å². The Bertz CT molecular complexity index is 944. The van der Waals surface area contributed by atoms with Crippen LogP contribution in [0.4, 0.5) is 0 Å². The van der Waals surface area contributed by atoms with Gasteiger partial charge in [-0.1, -0.05) is 49.4 Å². The summed E-state index contributed by atoms with van der Waals surface area (Å²) < 4.78 is 0. The van der Waals surface area contributed by atoms with E-state index in [0.29, 0.717) is 12.5 Å². The van der Waals surface area contributed by atoms with Crippen molar-refractivity contribution in [2.45, 2.75) is 52.5 Å². The average Bonchev–Trinajstić information content (AvgIpc) is 2.85. The van der Waals surface area contributed by atoms with E-state index in [4.69, 9.17) is 0 Å². The number of hydrogen-bond acceptors (Lipinski definition) is 4. The van der Waals surface area contributed by atoms with Crippen LogP contribution in [0, 0.1) is 18.3 Å². The summed E-state index contributed by atoms with van der Waals surface area (Å²) in [6, 6.07) is 18.8. The van der Waals surface area contributed by atoms with Crippen LogP contribution < -0.4 is 0 Å². The van der Waals surface area contributed by atoms with Crippen molar-refractivity contribution in [1.82, 2.24) is 14.7 Å². The molecule has 0 spiro atoms. The molecule has 3 rings (SSSR count). The molecule has 1 heterocycles. The normalized spacial score (nSPS) is 15.6. The van der Waals surface area contributed by atoms with Crippen LogP contribution >= 0.6 is 0 Å². The van der Waals surface area contributed by atoms with Gasteiger partial charge in [-0.3, -0.25) is 9.69 Å². The van der Waals surface area contributed by atoms with Crippen LogP contribution in [0.2, 0.25) is 0 Å². The molecule has 0 saturated carbocycles. The second-order valence-electron chi connectivity index (χ2n) is 9.54. The van der Waals surface area contributed by atoms with Crippen molar-refractivity contribution in [3.8, 4) is 6.07 Å². The molecule has 1 aliphatic heterocycles. The minimum absolute atomic E-state index is 0.144. The van der Waals surface area contributed by atoms with Crippen LogP contribution in [-0.4, -0.2) is 66.4 Å². The third-order valence-corrected chi connectivity index (χ3v) is 7.17. The van der Waals surface area contributed by atoms with E-state index >= 15 is 0 Å². The molecule has 0 radical (unpaired) electrons. The Morgan fingerprint density at radius 2 is 1.74 bits per heavy atom. The molecule has 0 aromatic heterocycles. The summed E-state index contributed by atoms with van der Waals surface area (Å²) in [7, 11) is 0. The first-order valence-electron chi connectivity index (χ1n) is 12.7. The van der Waals surface area contributed by atoms with Crippen molar-refractivity contribution in [1.29, 1.82) is 5.26 Å². The summed E-state index contributed by atoms with van der Waals surface area (Å²) >= 11 is 0. The number of benzene rings is 2. The zero-order chi connectivity index (χ0) is 24.3. The molecule has 0 N–H and O–H groups in total. The molecule has 2 aromatic rings. The Balaban J connectivity index is 1.38. The summed E-state index contributed by atoms with van der Waals surface area (Å²) in [4.78, 5) is 19.1. The zero-order valence-electron chi connectivity index (χ0n) is 21.2. The van der Waals surface area contributed by atoms with Gasteiger partial charge in [0.2, 0.25) is 5.91 Å². The predicted octanol–water partition coefficient (Wildman–Crippen LogP) is 4.81. The highest BCUT2D eigenvalue weighted by molar-refractivity contribution is 5.73. The number of carbonyl (C=O) groups excluding carboxylic acids is 1. The lowest BCUT2D eigenvalue weighted by molar-refractivity contribution is -0.129. The number of piperazine rings is 1. The molecule has 1 aliphatic rings. The number of rotatable bonds is 11. The van der Waals surface area contributed by atoms with Gasteiger partial charge in [0.15, 0.2) is 0 Å². The van der Waals surface area contributed by atoms with E-state index in [0.717, 1.165) is 63.4 Å². The highest BCUT2D eigenvalue weighted by Gasteiger charge is 2.19.